The van der Waals surface area contributed by atoms with Crippen molar-refractivity contribution in [2.45, 2.75) is 12.8 Å². The first-order valence-corrected chi connectivity index (χ1v) is 10.0. The van der Waals surface area contributed by atoms with Gasteiger partial charge in [0, 0.05) is 12.0 Å². The van der Waals surface area contributed by atoms with Crippen LogP contribution in [-0.2, 0) is 16.0 Å². The predicted molar refractivity (Wildman–Crippen MR) is 120 cm³/mol. The average molecular weight is 438 g/mol. The number of carbonyl (C=O) groups excluding carboxylic acids is 2. The van der Waals surface area contributed by atoms with E-state index in [-0.39, 0.29) is 18.8 Å². The van der Waals surface area contributed by atoms with Gasteiger partial charge in [0.15, 0.2) is 23.9 Å². The zero-order valence-corrected chi connectivity index (χ0v) is 18.6. The van der Waals surface area contributed by atoms with Gasteiger partial charge >= 0.3 is 5.97 Å². The predicted octanol–water partition coefficient (Wildman–Crippen LogP) is 4.23. The molecule has 0 aromatic heterocycles. The van der Waals surface area contributed by atoms with Gasteiger partial charge in [0.25, 0.3) is 0 Å². The second-order valence-electron chi connectivity index (χ2n) is 7.05. The summed E-state index contributed by atoms with van der Waals surface area (Å²) in [5.74, 6) is 1.54. The number of ether oxygens (including phenoxy) is 5. The lowest BCUT2D eigenvalue weighted by molar-refractivity contribution is -0.142. The van der Waals surface area contributed by atoms with E-state index >= 15 is 0 Å². The molecule has 0 fully saturated rings. The van der Waals surface area contributed by atoms with E-state index in [2.05, 4.69) is 0 Å². The van der Waals surface area contributed by atoms with E-state index in [1.54, 1.807) is 31.4 Å². The molecule has 7 heteroatoms. The number of hydrogen-bond acceptors (Lipinski definition) is 7. The third-order valence-electron chi connectivity index (χ3n) is 5.08. The molecule has 0 amide bonds. The van der Waals surface area contributed by atoms with Crippen LogP contribution in [-0.4, -0.2) is 46.8 Å². The van der Waals surface area contributed by atoms with Gasteiger partial charge in [0.1, 0.15) is 5.75 Å². The van der Waals surface area contributed by atoms with Gasteiger partial charge in [-0.25, -0.2) is 0 Å². The van der Waals surface area contributed by atoms with Crippen molar-refractivity contribution in [3.63, 3.8) is 0 Å². The lowest BCUT2D eigenvalue weighted by Crippen LogP contribution is -2.14. The van der Waals surface area contributed by atoms with Gasteiger partial charge in [-0.3, -0.25) is 9.59 Å². The van der Waals surface area contributed by atoms with E-state index in [1.165, 1.54) is 21.3 Å². The summed E-state index contributed by atoms with van der Waals surface area (Å²) < 4.78 is 26.4. The van der Waals surface area contributed by atoms with Crippen LogP contribution in [0.25, 0.3) is 10.8 Å². The van der Waals surface area contributed by atoms with Crippen molar-refractivity contribution in [2.24, 2.45) is 0 Å². The summed E-state index contributed by atoms with van der Waals surface area (Å²) in [5.41, 5.74) is 1.31. The Hall–Kier alpha value is -3.74. The highest BCUT2D eigenvalue weighted by molar-refractivity contribution is 6.01. The molecule has 3 aromatic rings. The van der Waals surface area contributed by atoms with Gasteiger partial charge in [0.05, 0.1) is 28.4 Å². The lowest BCUT2D eigenvalue weighted by Gasteiger charge is -2.14. The first-order valence-electron chi connectivity index (χ1n) is 10.0. The van der Waals surface area contributed by atoms with Gasteiger partial charge in [0.2, 0.25) is 5.75 Å². The maximum Gasteiger partial charge on any atom is 0.306 e. The van der Waals surface area contributed by atoms with Gasteiger partial charge in [-0.15, -0.1) is 0 Å². The second-order valence-corrected chi connectivity index (χ2v) is 7.05. The first kappa shape index (κ1) is 22.9. The molecule has 0 spiro atoms. The Bertz CT molecular complexity index is 1100. The molecule has 0 bridgehead atoms. The molecule has 0 N–H and O–H groups in total. The van der Waals surface area contributed by atoms with Gasteiger partial charge in [-0.05, 0) is 53.1 Å². The SMILES string of the molecule is COc1ccc2cc(C(=O)COC(=O)CCc3cc(OC)c(OC)c(OC)c3)ccc2c1. The minimum absolute atomic E-state index is 0.115. The Morgan fingerprint density at radius 3 is 2.03 bits per heavy atom. The van der Waals surface area contributed by atoms with Crippen LogP contribution in [0.3, 0.4) is 0 Å². The van der Waals surface area contributed by atoms with E-state index in [0.29, 0.717) is 29.2 Å². The summed E-state index contributed by atoms with van der Waals surface area (Å²) in [6.45, 7) is -0.310. The summed E-state index contributed by atoms with van der Waals surface area (Å²) in [6, 6.07) is 14.5. The van der Waals surface area contributed by atoms with E-state index in [1.807, 2.05) is 24.3 Å². The second kappa shape index (κ2) is 10.5. The minimum atomic E-state index is -0.461. The van der Waals surface area contributed by atoms with Crippen LogP contribution in [0.15, 0.2) is 48.5 Å². The Morgan fingerprint density at radius 1 is 0.750 bits per heavy atom. The summed E-state index contributed by atoms with van der Waals surface area (Å²) in [5, 5.41) is 1.87. The maximum absolute atomic E-state index is 12.5. The van der Waals surface area contributed by atoms with E-state index in [0.717, 1.165) is 22.1 Å². The standard InChI is InChI=1S/C25H26O7/c1-28-20-9-8-17-13-19(7-6-18(17)14-20)21(26)15-32-24(27)10-5-16-11-22(29-2)25(31-4)23(12-16)30-3/h6-9,11-14H,5,10,15H2,1-4H3. The fourth-order valence-electron chi connectivity index (χ4n) is 3.35. The molecule has 168 valence electrons. The summed E-state index contributed by atoms with van der Waals surface area (Å²) in [4.78, 5) is 24.7. The number of rotatable bonds is 10. The highest BCUT2D eigenvalue weighted by Gasteiger charge is 2.15. The smallest absolute Gasteiger partial charge is 0.306 e. The van der Waals surface area contributed by atoms with E-state index in [9.17, 15) is 9.59 Å². The highest BCUT2D eigenvalue weighted by atomic mass is 16.5. The van der Waals surface area contributed by atoms with Crippen molar-refractivity contribution in [1.82, 2.24) is 0 Å². The van der Waals surface area contributed by atoms with Crippen molar-refractivity contribution in [1.29, 1.82) is 0 Å². The van der Waals surface area contributed by atoms with Crippen LogP contribution >= 0.6 is 0 Å². The molecule has 3 rings (SSSR count). The fraction of sp³-hybridized carbons (Fsp3) is 0.280. The largest absolute Gasteiger partial charge is 0.497 e. The molecule has 32 heavy (non-hydrogen) atoms. The summed E-state index contributed by atoms with van der Waals surface area (Å²) >= 11 is 0. The van der Waals surface area contributed by atoms with Gasteiger partial charge in [-0.1, -0.05) is 18.2 Å². The average Bonchev–Trinajstić information content (AvgIpc) is 2.84. The molecule has 0 radical (unpaired) electrons. The number of aryl methyl sites for hydroxylation is 1. The zero-order chi connectivity index (χ0) is 23.1. The maximum atomic E-state index is 12.5. The molecule has 0 aliphatic carbocycles. The van der Waals surface area contributed by atoms with Gasteiger partial charge < -0.3 is 23.7 Å². The number of Topliss-reactive ketones (excluding diaryl/α,β-unsaturated/α-hetero) is 1. The van der Waals surface area contributed by atoms with Crippen LogP contribution in [0.1, 0.15) is 22.3 Å². The van der Waals surface area contributed by atoms with Crippen molar-refractivity contribution < 1.29 is 33.3 Å². The Morgan fingerprint density at radius 2 is 1.41 bits per heavy atom. The Kier molecular flexibility index (Phi) is 7.54. The number of carbonyl (C=O) groups is 2. The van der Waals surface area contributed by atoms with Crippen molar-refractivity contribution in [3.05, 3.63) is 59.7 Å². The molecule has 0 aliphatic heterocycles. The molecular weight excluding hydrogens is 412 g/mol. The molecule has 0 saturated heterocycles. The van der Waals surface area contributed by atoms with E-state index in [4.69, 9.17) is 23.7 Å². The van der Waals surface area contributed by atoms with E-state index < -0.39 is 5.97 Å². The van der Waals surface area contributed by atoms with Crippen molar-refractivity contribution in [2.75, 3.05) is 35.0 Å². The Labute approximate surface area is 186 Å². The minimum Gasteiger partial charge on any atom is -0.497 e. The monoisotopic (exact) mass is 438 g/mol. The topological polar surface area (TPSA) is 80.3 Å². The lowest BCUT2D eigenvalue weighted by atomic mass is 10.0. The molecule has 3 aromatic carbocycles. The number of ketones is 1. The number of fused-ring (bicyclic) bond motifs is 1. The number of benzene rings is 3. The molecule has 0 heterocycles. The first-order chi connectivity index (χ1) is 15.5. The number of methoxy groups -OCH3 is 4. The zero-order valence-electron chi connectivity index (χ0n) is 18.6. The van der Waals surface area contributed by atoms with Crippen LogP contribution in [0.4, 0.5) is 0 Å². The van der Waals surface area contributed by atoms with Crippen LogP contribution in [0.5, 0.6) is 23.0 Å². The Balaban J connectivity index is 1.58. The van der Waals surface area contributed by atoms with Crippen LogP contribution in [0, 0.1) is 0 Å². The molecule has 0 saturated carbocycles. The number of esters is 1. The fourth-order valence-corrected chi connectivity index (χ4v) is 3.35. The molecule has 0 unspecified atom stereocenters. The molecule has 0 atom stereocenters. The highest BCUT2D eigenvalue weighted by Crippen LogP contribution is 2.38. The molecule has 0 aliphatic rings. The molecular formula is C25H26O7. The quantitative estimate of drug-likeness (QED) is 0.346. The van der Waals surface area contributed by atoms with Crippen molar-refractivity contribution in [3.8, 4) is 23.0 Å². The third-order valence-corrected chi connectivity index (χ3v) is 5.08. The third kappa shape index (κ3) is 5.29. The van der Waals surface area contributed by atoms with Crippen LogP contribution < -0.4 is 18.9 Å². The summed E-state index contributed by atoms with van der Waals surface area (Å²) in [7, 11) is 6.20. The normalized spacial score (nSPS) is 10.5. The summed E-state index contributed by atoms with van der Waals surface area (Å²) in [6.07, 6.45) is 0.519. The number of hydrogen-bond donors (Lipinski definition) is 0. The van der Waals surface area contributed by atoms with Crippen LogP contribution in [0.2, 0.25) is 0 Å². The molecule has 7 nitrogen and oxygen atoms in total. The van der Waals surface area contributed by atoms with Gasteiger partial charge in [-0.2, -0.15) is 0 Å². The van der Waals surface area contributed by atoms with Crippen molar-refractivity contribution >= 4 is 22.5 Å².